The van der Waals surface area contributed by atoms with Gasteiger partial charge >= 0.3 is 0 Å². The third kappa shape index (κ3) is 3.70. The lowest BCUT2D eigenvalue weighted by Gasteiger charge is -2.25. The summed E-state index contributed by atoms with van der Waals surface area (Å²) in [5.74, 6) is 1.37. The molecule has 1 unspecified atom stereocenters. The summed E-state index contributed by atoms with van der Waals surface area (Å²) >= 11 is 0. The highest BCUT2D eigenvalue weighted by Gasteiger charge is 2.27. The Balaban J connectivity index is 1.52. The van der Waals surface area contributed by atoms with Crippen molar-refractivity contribution >= 4 is 11.6 Å². The Kier molecular flexibility index (Phi) is 4.84. The third-order valence-electron chi connectivity index (χ3n) is 4.81. The van der Waals surface area contributed by atoms with Crippen molar-refractivity contribution in [1.82, 2.24) is 24.8 Å². The number of hydrogen-bond donors (Lipinski definition) is 1. The van der Waals surface area contributed by atoms with E-state index < -0.39 is 0 Å². The Hall–Kier alpha value is -2.86. The largest absolute Gasteiger partial charge is 0.322 e. The van der Waals surface area contributed by atoms with Crippen LogP contribution in [0.4, 0.5) is 11.6 Å². The molecule has 26 heavy (non-hydrogen) atoms. The zero-order valence-electron chi connectivity index (χ0n) is 14.8. The van der Waals surface area contributed by atoms with Gasteiger partial charge in [-0.2, -0.15) is 0 Å². The Morgan fingerprint density at radius 2 is 1.96 bits per heavy atom. The molecule has 1 aliphatic rings. The number of rotatable bonds is 5. The predicted molar refractivity (Wildman–Crippen MR) is 101 cm³/mol. The molecule has 1 aromatic carbocycles. The number of anilines is 2. The van der Waals surface area contributed by atoms with E-state index in [1.54, 1.807) is 24.8 Å². The first kappa shape index (κ1) is 16.6. The average molecular weight is 346 g/mol. The van der Waals surface area contributed by atoms with Crippen LogP contribution in [0, 0.1) is 6.92 Å². The fourth-order valence-electron chi connectivity index (χ4n) is 3.45. The van der Waals surface area contributed by atoms with Crippen molar-refractivity contribution in [2.75, 3.05) is 11.9 Å². The molecule has 2 aromatic heterocycles. The highest BCUT2D eigenvalue weighted by Crippen LogP contribution is 2.32. The second-order valence-corrected chi connectivity index (χ2v) is 6.60. The lowest BCUT2D eigenvalue weighted by Crippen LogP contribution is -2.24. The molecule has 0 bridgehead atoms. The van der Waals surface area contributed by atoms with Gasteiger partial charge in [-0.3, -0.25) is 14.9 Å². The minimum Gasteiger partial charge on any atom is -0.322 e. The summed E-state index contributed by atoms with van der Waals surface area (Å²) in [6.45, 7) is 4.20. The van der Waals surface area contributed by atoms with Crippen LogP contribution >= 0.6 is 0 Å². The van der Waals surface area contributed by atoms with Gasteiger partial charge in [-0.05, 0) is 37.4 Å². The fraction of sp³-hybridized carbons (Fsp3) is 0.300. The van der Waals surface area contributed by atoms with Gasteiger partial charge in [-0.25, -0.2) is 9.97 Å². The molecule has 0 spiro atoms. The Labute approximate surface area is 153 Å². The smallest absolute Gasteiger partial charge is 0.150 e. The van der Waals surface area contributed by atoms with Crippen LogP contribution in [0.25, 0.3) is 0 Å². The average Bonchev–Trinajstić information content (AvgIpc) is 3.13. The standard InChI is InChI=1S/C20H22N6/c1-15-5-2-3-6-16(15)14-26-10-4-7-18(26)17-11-22-13-20(24-17)25-19-12-21-8-9-23-19/h2-3,5-6,8-9,11-13,18H,4,7,10,14H2,1H3,(H,23,24,25). The number of nitrogens with zero attached hydrogens (tertiary/aromatic N) is 5. The van der Waals surface area contributed by atoms with Crippen LogP contribution in [0.5, 0.6) is 0 Å². The van der Waals surface area contributed by atoms with Gasteiger partial charge in [0.15, 0.2) is 0 Å². The molecule has 1 saturated heterocycles. The number of nitrogens with one attached hydrogen (secondary N) is 1. The Morgan fingerprint density at radius 3 is 2.81 bits per heavy atom. The number of aryl methyl sites for hydroxylation is 1. The van der Waals surface area contributed by atoms with Crippen LogP contribution < -0.4 is 5.32 Å². The van der Waals surface area contributed by atoms with Crippen molar-refractivity contribution in [3.05, 3.63) is 72.1 Å². The molecule has 3 aromatic rings. The van der Waals surface area contributed by atoms with Gasteiger partial charge in [-0.15, -0.1) is 0 Å². The summed E-state index contributed by atoms with van der Waals surface area (Å²) in [6.07, 6.45) is 10.9. The molecular weight excluding hydrogens is 324 g/mol. The number of benzene rings is 1. The van der Waals surface area contributed by atoms with Gasteiger partial charge in [0.05, 0.1) is 30.3 Å². The van der Waals surface area contributed by atoms with E-state index in [2.05, 4.69) is 56.4 Å². The summed E-state index contributed by atoms with van der Waals surface area (Å²) in [4.78, 5) is 20.0. The molecule has 1 fully saturated rings. The Morgan fingerprint density at radius 1 is 1.08 bits per heavy atom. The minimum atomic E-state index is 0.297. The molecule has 1 atom stereocenters. The maximum absolute atomic E-state index is 4.78. The van der Waals surface area contributed by atoms with E-state index >= 15 is 0 Å². The van der Waals surface area contributed by atoms with Crippen molar-refractivity contribution in [3.8, 4) is 0 Å². The molecule has 1 aliphatic heterocycles. The molecule has 0 saturated carbocycles. The highest BCUT2D eigenvalue weighted by atomic mass is 15.2. The fourth-order valence-corrected chi connectivity index (χ4v) is 3.45. The predicted octanol–water partition coefficient (Wildman–Crippen LogP) is 3.66. The van der Waals surface area contributed by atoms with Crippen LogP contribution in [0.1, 0.15) is 35.7 Å². The summed E-state index contributed by atoms with van der Waals surface area (Å²) < 4.78 is 0. The Bertz CT molecular complexity index is 867. The van der Waals surface area contributed by atoms with Gasteiger partial charge in [0, 0.05) is 18.9 Å². The van der Waals surface area contributed by atoms with E-state index in [0.717, 1.165) is 25.2 Å². The second kappa shape index (κ2) is 7.58. The van der Waals surface area contributed by atoms with Crippen LogP contribution in [-0.2, 0) is 6.54 Å². The molecule has 0 aliphatic carbocycles. The zero-order valence-corrected chi connectivity index (χ0v) is 14.8. The monoisotopic (exact) mass is 346 g/mol. The summed E-state index contributed by atoms with van der Waals surface area (Å²) in [5.41, 5.74) is 3.72. The third-order valence-corrected chi connectivity index (χ3v) is 4.81. The molecule has 6 heteroatoms. The van der Waals surface area contributed by atoms with Crippen molar-refractivity contribution in [3.63, 3.8) is 0 Å². The molecular formula is C20H22N6. The first-order valence-corrected chi connectivity index (χ1v) is 8.93. The zero-order chi connectivity index (χ0) is 17.8. The first-order valence-electron chi connectivity index (χ1n) is 8.93. The van der Waals surface area contributed by atoms with Crippen LogP contribution in [-0.4, -0.2) is 31.4 Å². The SMILES string of the molecule is Cc1ccccc1CN1CCCC1c1cncc(Nc2cnccn2)n1. The van der Waals surface area contributed by atoms with Crippen molar-refractivity contribution in [2.24, 2.45) is 0 Å². The van der Waals surface area contributed by atoms with Crippen LogP contribution in [0.3, 0.4) is 0 Å². The van der Waals surface area contributed by atoms with E-state index in [1.165, 1.54) is 17.5 Å². The molecule has 3 heterocycles. The number of likely N-dealkylation sites (tertiary alicyclic amines) is 1. The van der Waals surface area contributed by atoms with E-state index in [-0.39, 0.29) is 0 Å². The van der Waals surface area contributed by atoms with E-state index in [0.29, 0.717) is 17.7 Å². The second-order valence-electron chi connectivity index (χ2n) is 6.60. The summed E-state index contributed by atoms with van der Waals surface area (Å²) in [6, 6.07) is 8.88. The van der Waals surface area contributed by atoms with Gasteiger partial charge in [0.2, 0.25) is 0 Å². The summed E-state index contributed by atoms with van der Waals surface area (Å²) in [7, 11) is 0. The number of hydrogen-bond acceptors (Lipinski definition) is 6. The molecule has 0 radical (unpaired) electrons. The molecule has 132 valence electrons. The van der Waals surface area contributed by atoms with Crippen LogP contribution in [0.15, 0.2) is 55.2 Å². The lowest BCUT2D eigenvalue weighted by molar-refractivity contribution is 0.243. The van der Waals surface area contributed by atoms with Crippen molar-refractivity contribution in [1.29, 1.82) is 0 Å². The van der Waals surface area contributed by atoms with E-state index in [4.69, 9.17) is 4.98 Å². The topological polar surface area (TPSA) is 66.8 Å². The molecule has 6 nitrogen and oxygen atoms in total. The molecule has 1 N–H and O–H groups in total. The van der Waals surface area contributed by atoms with Crippen molar-refractivity contribution < 1.29 is 0 Å². The normalized spacial score (nSPS) is 17.3. The van der Waals surface area contributed by atoms with E-state index in [1.807, 2.05) is 6.20 Å². The maximum atomic E-state index is 4.78. The van der Waals surface area contributed by atoms with Gasteiger partial charge in [0.25, 0.3) is 0 Å². The quantitative estimate of drug-likeness (QED) is 0.760. The van der Waals surface area contributed by atoms with E-state index in [9.17, 15) is 0 Å². The van der Waals surface area contributed by atoms with Crippen molar-refractivity contribution in [2.45, 2.75) is 32.4 Å². The first-order chi connectivity index (χ1) is 12.8. The van der Waals surface area contributed by atoms with Gasteiger partial charge in [0.1, 0.15) is 11.6 Å². The molecule has 0 amide bonds. The lowest BCUT2D eigenvalue weighted by atomic mass is 10.1. The summed E-state index contributed by atoms with van der Waals surface area (Å²) in [5, 5.41) is 3.18. The van der Waals surface area contributed by atoms with Gasteiger partial charge < -0.3 is 5.32 Å². The van der Waals surface area contributed by atoms with Crippen LogP contribution in [0.2, 0.25) is 0 Å². The number of aromatic nitrogens is 4. The highest BCUT2D eigenvalue weighted by molar-refractivity contribution is 5.48. The molecule has 4 rings (SSSR count). The maximum Gasteiger partial charge on any atom is 0.150 e. The van der Waals surface area contributed by atoms with Gasteiger partial charge in [-0.1, -0.05) is 24.3 Å². The minimum absolute atomic E-state index is 0.297.